The van der Waals surface area contributed by atoms with Crippen molar-refractivity contribution < 1.29 is 14.3 Å². The highest BCUT2D eigenvalue weighted by Crippen LogP contribution is 2.16. The Labute approximate surface area is 141 Å². The molecule has 2 rings (SSSR count). The minimum absolute atomic E-state index is 0.0483. The van der Waals surface area contributed by atoms with Gasteiger partial charge in [-0.3, -0.25) is 9.59 Å². The van der Waals surface area contributed by atoms with Gasteiger partial charge in [-0.2, -0.15) is 0 Å². The Balaban J connectivity index is 1.69. The zero-order valence-electron chi connectivity index (χ0n) is 13.7. The lowest BCUT2D eigenvalue weighted by atomic mass is 10.1. The number of carbonyl (C=O) groups excluding carboxylic acids is 2. The Hall–Kier alpha value is -2.82. The lowest BCUT2D eigenvalue weighted by molar-refractivity contribution is -0.121. The van der Waals surface area contributed by atoms with Crippen LogP contribution in [-0.4, -0.2) is 18.4 Å². The number of rotatable bonds is 8. The second kappa shape index (κ2) is 8.72. The first kappa shape index (κ1) is 17.5. The predicted octanol–water partition coefficient (Wildman–Crippen LogP) is 2.57. The van der Waals surface area contributed by atoms with E-state index in [2.05, 4.69) is 5.32 Å². The first-order valence-corrected chi connectivity index (χ1v) is 7.90. The molecule has 0 saturated carbocycles. The second-order valence-corrected chi connectivity index (χ2v) is 5.56. The number of nitrogens with two attached hydrogens (primary N) is 1. The maximum absolute atomic E-state index is 11.9. The molecule has 5 heteroatoms. The number of para-hydroxylation sites is 1. The standard InChI is InChI=1S/C19H22N2O3/c1-14-6-2-3-9-17(14)24-11-5-10-18(22)21-13-15-7-4-8-16(12-15)19(20)23/h2-4,6-9,12H,5,10-11,13H2,1H3,(H2,20,23)(H,21,22). The van der Waals surface area contributed by atoms with Crippen molar-refractivity contribution in [1.29, 1.82) is 0 Å². The zero-order valence-corrected chi connectivity index (χ0v) is 13.7. The smallest absolute Gasteiger partial charge is 0.248 e. The van der Waals surface area contributed by atoms with Crippen molar-refractivity contribution in [2.75, 3.05) is 6.61 Å². The highest BCUT2D eigenvalue weighted by molar-refractivity contribution is 5.92. The predicted molar refractivity (Wildman–Crippen MR) is 92.7 cm³/mol. The second-order valence-electron chi connectivity index (χ2n) is 5.56. The van der Waals surface area contributed by atoms with Crippen LogP contribution in [0.2, 0.25) is 0 Å². The summed E-state index contributed by atoms with van der Waals surface area (Å²) < 4.78 is 5.66. The molecule has 0 fully saturated rings. The monoisotopic (exact) mass is 326 g/mol. The Morgan fingerprint density at radius 1 is 1.12 bits per heavy atom. The maximum atomic E-state index is 11.9. The summed E-state index contributed by atoms with van der Waals surface area (Å²) in [7, 11) is 0. The molecule has 0 bridgehead atoms. The summed E-state index contributed by atoms with van der Waals surface area (Å²) in [6.07, 6.45) is 1.03. The molecule has 0 aliphatic carbocycles. The number of ether oxygens (including phenoxy) is 1. The van der Waals surface area contributed by atoms with Crippen molar-refractivity contribution in [3.63, 3.8) is 0 Å². The number of nitrogens with one attached hydrogen (secondary N) is 1. The normalized spacial score (nSPS) is 10.2. The van der Waals surface area contributed by atoms with Gasteiger partial charge in [-0.15, -0.1) is 0 Å². The van der Waals surface area contributed by atoms with Crippen LogP contribution in [-0.2, 0) is 11.3 Å². The van der Waals surface area contributed by atoms with Crippen molar-refractivity contribution in [3.05, 3.63) is 65.2 Å². The molecule has 2 aromatic rings. The van der Waals surface area contributed by atoms with Gasteiger partial charge in [0.15, 0.2) is 0 Å². The van der Waals surface area contributed by atoms with E-state index in [0.29, 0.717) is 31.6 Å². The average Bonchev–Trinajstić information content (AvgIpc) is 2.58. The van der Waals surface area contributed by atoms with Crippen LogP contribution in [0.5, 0.6) is 5.75 Å². The van der Waals surface area contributed by atoms with Crippen LogP contribution in [0.1, 0.15) is 34.3 Å². The average molecular weight is 326 g/mol. The molecule has 3 N–H and O–H groups in total. The minimum atomic E-state index is -0.475. The Morgan fingerprint density at radius 3 is 2.67 bits per heavy atom. The lowest BCUT2D eigenvalue weighted by Gasteiger charge is -2.09. The highest BCUT2D eigenvalue weighted by atomic mass is 16.5. The maximum Gasteiger partial charge on any atom is 0.248 e. The summed E-state index contributed by atoms with van der Waals surface area (Å²) in [6.45, 7) is 2.86. The van der Waals surface area contributed by atoms with Gasteiger partial charge in [0.2, 0.25) is 11.8 Å². The largest absolute Gasteiger partial charge is 0.493 e. The van der Waals surface area contributed by atoms with Gasteiger partial charge < -0.3 is 15.8 Å². The van der Waals surface area contributed by atoms with Crippen LogP contribution in [0.4, 0.5) is 0 Å². The van der Waals surface area contributed by atoms with Gasteiger partial charge >= 0.3 is 0 Å². The molecule has 0 spiro atoms. The van der Waals surface area contributed by atoms with E-state index in [9.17, 15) is 9.59 Å². The lowest BCUT2D eigenvalue weighted by Crippen LogP contribution is -2.23. The topological polar surface area (TPSA) is 81.4 Å². The van der Waals surface area contributed by atoms with Crippen molar-refractivity contribution in [3.8, 4) is 5.75 Å². The first-order valence-electron chi connectivity index (χ1n) is 7.90. The third kappa shape index (κ3) is 5.43. The minimum Gasteiger partial charge on any atom is -0.493 e. The van der Waals surface area contributed by atoms with Gasteiger partial charge in [-0.25, -0.2) is 0 Å². The SMILES string of the molecule is Cc1ccccc1OCCCC(=O)NCc1cccc(C(N)=O)c1. The van der Waals surface area contributed by atoms with E-state index in [1.165, 1.54) is 0 Å². The number of hydrogen-bond donors (Lipinski definition) is 2. The van der Waals surface area contributed by atoms with E-state index < -0.39 is 5.91 Å². The fourth-order valence-corrected chi connectivity index (χ4v) is 2.26. The van der Waals surface area contributed by atoms with Crippen LogP contribution in [0, 0.1) is 6.92 Å². The molecular formula is C19H22N2O3. The van der Waals surface area contributed by atoms with E-state index in [1.54, 1.807) is 18.2 Å². The van der Waals surface area contributed by atoms with Crippen LogP contribution < -0.4 is 15.8 Å². The quantitative estimate of drug-likeness (QED) is 0.732. The number of hydrogen-bond acceptors (Lipinski definition) is 3. The fraction of sp³-hybridized carbons (Fsp3) is 0.263. The van der Waals surface area contributed by atoms with Crippen LogP contribution in [0.15, 0.2) is 48.5 Å². The number of primary amides is 1. The summed E-state index contributed by atoms with van der Waals surface area (Å²) in [6, 6.07) is 14.7. The van der Waals surface area contributed by atoms with Gasteiger partial charge in [0, 0.05) is 18.5 Å². The molecule has 0 radical (unpaired) electrons. The summed E-state index contributed by atoms with van der Waals surface area (Å²) in [5, 5.41) is 2.83. The van der Waals surface area contributed by atoms with Gasteiger partial charge in [0.25, 0.3) is 0 Å². The van der Waals surface area contributed by atoms with E-state index in [0.717, 1.165) is 16.9 Å². The number of aryl methyl sites for hydroxylation is 1. The van der Waals surface area contributed by atoms with Crippen molar-refractivity contribution in [1.82, 2.24) is 5.32 Å². The van der Waals surface area contributed by atoms with Crippen LogP contribution in [0.3, 0.4) is 0 Å². The Bertz CT molecular complexity index is 713. The molecule has 0 aliphatic heterocycles. The molecular weight excluding hydrogens is 304 g/mol. The molecule has 126 valence electrons. The van der Waals surface area contributed by atoms with Crippen molar-refractivity contribution in [2.24, 2.45) is 5.73 Å². The van der Waals surface area contributed by atoms with Crippen molar-refractivity contribution >= 4 is 11.8 Å². The summed E-state index contributed by atoms with van der Waals surface area (Å²) in [4.78, 5) is 23.0. The summed E-state index contributed by atoms with van der Waals surface area (Å²) >= 11 is 0. The Kier molecular flexibility index (Phi) is 6.37. The molecule has 5 nitrogen and oxygen atoms in total. The fourth-order valence-electron chi connectivity index (χ4n) is 2.26. The van der Waals surface area contributed by atoms with E-state index in [1.807, 2.05) is 37.3 Å². The molecule has 0 aromatic heterocycles. The Morgan fingerprint density at radius 2 is 1.92 bits per heavy atom. The third-order valence-electron chi connectivity index (χ3n) is 3.60. The van der Waals surface area contributed by atoms with Crippen molar-refractivity contribution in [2.45, 2.75) is 26.3 Å². The molecule has 2 amide bonds. The number of carbonyl (C=O) groups is 2. The summed E-state index contributed by atoms with van der Waals surface area (Å²) in [5.41, 5.74) is 7.60. The number of amides is 2. The molecule has 0 unspecified atom stereocenters. The van der Waals surface area contributed by atoms with Gasteiger partial charge in [0.05, 0.1) is 6.61 Å². The van der Waals surface area contributed by atoms with E-state index in [-0.39, 0.29) is 5.91 Å². The molecule has 0 atom stereocenters. The first-order chi connectivity index (χ1) is 11.6. The van der Waals surface area contributed by atoms with Crippen LogP contribution >= 0.6 is 0 Å². The third-order valence-corrected chi connectivity index (χ3v) is 3.60. The van der Waals surface area contributed by atoms with Crippen LogP contribution in [0.25, 0.3) is 0 Å². The number of benzene rings is 2. The molecule has 0 saturated heterocycles. The van der Waals surface area contributed by atoms with Gasteiger partial charge in [-0.05, 0) is 42.7 Å². The molecule has 0 heterocycles. The molecule has 0 aliphatic rings. The zero-order chi connectivity index (χ0) is 17.4. The molecule has 24 heavy (non-hydrogen) atoms. The summed E-state index contributed by atoms with van der Waals surface area (Å²) in [5.74, 6) is 0.325. The van der Waals surface area contributed by atoms with Gasteiger partial charge in [-0.1, -0.05) is 30.3 Å². The highest BCUT2D eigenvalue weighted by Gasteiger charge is 2.05. The molecule has 2 aromatic carbocycles. The van der Waals surface area contributed by atoms with E-state index in [4.69, 9.17) is 10.5 Å². The van der Waals surface area contributed by atoms with E-state index >= 15 is 0 Å². The van der Waals surface area contributed by atoms with Gasteiger partial charge in [0.1, 0.15) is 5.75 Å².